The number of nitrogens with zero attached hydrogens (tertiary/aromatic N) is 6. The first-order valence-corrected chi connectivity index (χ1v) is 8.33. The molecule has 0 aliphatic carbocycles. The Labute approximate surface area is 154 Å². The number of fused-ring (bicyclic) bond motifs is 2. The number of nitriles is 2. The molecule has 3 heterocycles. The number of rotatable bonds is 1. The molecule has 0 bridgehead atoms. The van der Waals surface area contributed by atoms with Crippen LogP contribution in [0.15, 0.2) is 24.3 Å². The van der Waals surface area contributed by atoms with Gasteiger partial charge in [0.25, 0.3) is 0 Å². The average molecular weight is 356 g/mol. The molecule has 0 saturated heterocycles. The maximum Gasteiger partial charge on any atom is 0.179 e. The summed E-state index contributed by atoms with van der Waals surface area (Å²) in [6.45, 7) is 5.95. The Morgan fingerprint density at radius 1 is 1.04 bits per heavy atom. The Bertz CT molecular complexity index is 1250. The lowest BCUT2D eigenvalue weighted by Crippen LogP contribution is -2.24. The minimum absolute atomic E-state index is 0.0239. The first-order valence-electron chi connectivity index (χ1n) is 8.33. The number of hydrogen-bond acceptors (Lipinski definition) is 6. The van der Waals surface area contributed by atoms with Gasteiger partial charge in [0.2, 0.25) is 0 Å². The molecule has 0 aliphatic rings. The van der Waals surface area contributed by atoms with Gasteiger partial charge in [-0.05, 0) is 32.9 Å². The quantitative estimate of drug-likeness (QED) is 0.538. The lowest BCUT2D eigenvalue weighted by atomic mass is 10.1. The van der Waals surface area contributed by atoms with Crippen LogP contribution in [0.5, 0.6) is 0 Å². The van der Waals surface area contributed by atoms with E-state index in [-0.39, 0.29) is 11.4 Å². The number of nitrogens with two attached hydrogens (primary N) is 1. The zero-order chi connectivity index (χ0) is 19.3. The molecule has 8 heteroatoms. The van der Waals surface area contributed by atoms with Gasteiger partial charge < -0.3 is 15.3 Å². The predicted octanol–water partition coefficient (Wildman–Crippen LogP) is 3.06. The number of imidazole rings is 1. The van der Waals surface area contributed by atoms with E-state index in [1.807, 2.05) is 61.7 Å². The molecule has 0 radical (unpaired) electrons. The van der Waals surface area contributed by atoms with Gasteiger partial charge in [-0.15, -0.1) is 0 Å². The van der Waals surface area contributed by atoms with E-state index in [1.165, 1.54) is 0 Å². The largest absolute Gasteiger partial charge is 0.384 e. The molecule has 1 aromatic carbocycles. The van der Waals surface area contributed by atoms with Crippen molar-refractivity contribution in [1.29, 1.82) is 10.5 Å². The summed E-state index contributed by atoms with van der Waals surface area (Å²) in [6.07, 6.45) is 0. The molecule has 0 spiro atoms. The third kappa shape index (κ3) is 2.39. The monoisotopic (exact) mass is 356 g/mol. The molecule has 3 N–H and O–H groups in total. The molecule has 3 aromatic heterocycles. The normalized spacial score (nSPS) is 11.6. The second-order valence-electron chi connectivity index (χ2n) is 7.19. The van der Waals surface area contributed by atoms with Crippen LogP contribution >= 0.6 is 0 Å². The van der Waals surface area contributed by atoms with E-state index in [0.717, 1.165) is 11.0 Å². The van der Waals surface area contributed by atoms with Gasteiger partial charge in [-0.25, -0.2) is 15.0 Å². The molecule has 0 amide bonds. The van der Waals surface area contributed by atoms with E-state index in [1.54, 1.807) is 0 Å². The molecular weight excluding hydrogens is 340 g/mol. The van der Waals surface area contributed by atoms with E-state index in [0.29, 0.717) is 28.4 Å². The lowest BCUT2D eigenvalue weighted by molar-refractivity contribution is 0.414. The number of hydrogen-bond donors (Lipinski definition) is 2. The summed E-state index contributed by atoms with van der Waals surface area (Å²) in [7, 11) is 0. The smallest absolute Gasteiger partial charge is 0.179 e. The highest BCUT2D eigenvalue weighted by atomic mass is 15.2. The number of anilines is 1. The Hall–Kier alpha value is -3.91. The number of H-pyrrole nitrogens is 1. The first-order chi connectivity index (χ1) is 12.8. The van der Waals surface area contributed by atoms with Crippen LogP contribution < -0.4 is 5.73 Å². The molecule has 8 nitrogen and oxygen atoms in total. The van der Waals surface area contributed by atoms with Crippen molar-refractivity contribution in [3.8, 4) is 23.5 Å². The lowest BCUT2D eigenvalue weighted by Gasteiger charge is -2.23. The summed E-state index contributed by atoms with van der Waals surface area (Å²) >= 11 is 0. The molecule has 4 aromatic rings. The van der Waals surface area contributed by atoms with Crippen molar-refractivity contribution >= 4 is 28.0 Å². The van der Waals surface area contributed by atoms with Crippen LogP contribution in [0.2, 0.25) is 0 Å². The minimum Gasteiger partial charge on any atom is -0.384 e. The Morgan fingerprint density at radius 3 is 2.33 bits per heavy atom. The van der Waals surface area contributed by atoms with Crippen LogP contribution in [0.1, 0.15) is 32.2 Å². The van der Waals surface area contributed by atoms with Crippen LogP contribution in [0.25, 0.3) is 33.6 Å². The van der Waals surface area contributed by atoms with Gasteiger partial charge in [0, 0.05) is 5.54 Å². The summed E-state index contributed by atoms with van der Waals surface area (Å²) in [5, 5.41) is 18.7. The van der Waals surface area contributed by atoms with E-state index >= 15 is 0 Å². The Morgan fingerprint density at radius 2 is 1.70 bits per heavy atom. The maximum atomic E-state index is 9.36. The topological polar surface area (TPSA) is 133 Å². The highest BCUT2D eigenvalue weighted by molar-refractivity contribution is 5.98. The first kappa shape index (κ1) is 16.6. The van der Waals surface area contributed by atoms with Crippen molar-refractivity contribution < 1.29 is 0 Å². The summed E-state index contributed by atoms with van der Waals surface area (Å²) in [5.41, 5.74) is 9.15. The summed E-state index contributed by atoms with van der Waals surface area (Å²) in [5.74, 6) is 0.972. The van der Waals surface area contributed by atoms with Crippen LogP contribution in [0.3, 0.4) is 0 Å². The molecule has 0 saturated carbocycles. The van der Waals surface area contributed by atoms with Crippen LogP contribution in [0, 0.1) is 22.7 Å². The van der Waals surface area contributed by atoms with Crippen molar-refractivity contribution in [3.63, 3.8) is 0 Å². The third-order valence-electron chi connectivity index (χ3n) is 4.33. The van der Waals surface area contributed by atoms with Gasteiger partial charge in [0.1, 0.15) is 29.3 Å². The second-order valence-corrected chi connectivity index (χ2v) is 7.19. The number of aromatic nitrogens is 5. The molecule has 27 heavy (non-hydrogen) atoms. The Kier molecular flexibility index (Phi) is 3.40. The van der Waals surface area contributed by atoms with Crippen molar-refractivity contribution in [1.82, 2.24) is 24.5 Å². The number of nitrogens with one attached hydrogen (secondary N) is 1. The van der Waals surface area contributed by atoms with Crippen molar-refractivity contribution in [3.05, 3.63) is 35.7 Å². The van der Waals surface area contributed by atoms with E-state index < -0.39 is 5.54 Å². The second kappa shape index (κ2) is 5.55. The zero-order valence-corrected chi connectivity index (χ0v) is 15.1. The molecule has 0 aliphatic heterocycles. The molecule has 0 atom stereocenters. The number of nitrogen functional groups attached to an aromatic ring is 1. The highest BCUT2D eigenvalue weighted by Gasteiger charge is 2.28. The van der Waals surface area contributed by atoms with Crippen molar-refractivity contribution in [2.45, 2.75) is 26.3 Å². The van der Waals surface area contributed by atoms with Crippen molar-refractivity contribution in [2.24, 2.45) is 0 Å². The SMILES string of the molecule is CC(C)(C)n1c(N)c(-c2nc3ccccc3[nH]2)c2nc(C#N)c(C#N)nc21. The van der Waals surface area contributed by atoms with E-state index in [2.05, 4.69) is 19.9 Å². The summed E-state index contributed by atoms with van der Waals surface area (Å²) in [6, 6.07) is 11.5. The van der Waals surface area contributed by atoms with Gasteiger partial charge in [0.15, 0.2) is 17.0 Å². The maximum absolute atomic E-state index is 9.36. The third-order valence-corrected chi connectivity index (χ3v) is 4.33. The van der Waals surface area contributed by atoms with Crippen LogP contribution in [-0.2, 0) is 5.54 Å². The highest BCUT2D eigenvalue weighted by Crippen LogP contribution is 2.38. The Balaban J connectivity index is 2.16. The molecule has 132 valence electrons. The van der Waals surface area contributed by atoms with Crippen LogP contribution in [-0.4, -0.2) is 24.5 Å². The predicted molar refractivity (Wildman–Crippen MR) is 101 cm³/mol. The fraction of sp³-hybridized carbons (Fsp3) is 0.211. The van der Waals surface area contributed by atoms with Crippen LogP contribution in [0.4, 0.5) is 5.82 Å². The van der Waals surface area contributed by atoms with Gasteiger partial charge >= 0.3 is 0 Å². The fourth-order valence-electron chi connectivity index (χ4n) is 3.24. The molecule has 4 rings (SSSR count). The number of para-hydroxylation sites is 2. The van der Waals surface area contributed by atoms with Gasteiger partial charge in [-0.2, -0.15) is 10.5 Å². The zero-order valence-electron chi connectivity index (χ0n) is 15.1. The minimum atomic E-state index is -0.415. The van der Waals surface area contributed by atoms with Gasteiger partial charge in [0.05, 0.1) is 16.6 Å². The molecule has 0 unspecified atom stereocenters. The molecular formula is C19H16N8. The number of benzene rings is 1. The fourth-order valence-corrected chi connectivity index (χ4v) is 3.24. The van der Waals surface area contributed by atoms with Gasteiger partial charge in [-0.1, -0.05) is 12.1 Å². The standard InChI is InChI=1S/C19H16N8/c1-19(2,3)27-16(22)14(17-24-10-6-4-5-7-11(10)25-17)15-18(27)26-13(9-21)12(8-20)23-15/h4-7H,22H2,1-3H3,(H,24,25). The van der Waals surface area contributed by atoms with E-state index in [9.17, 15) is 10.5 Å². The summed E-state index contributed by atoms with van der Waals surface area (Å²) in [4.78, 5) is 16.7. The van der Waals surface area contributed by atoms with E-state index in [4.69, 9.17) is 5.73 Å². The van der Waals surface area contributed by atoms with Crippen molar-refractivity contribution in [2.75, 3.05) is 5.73 Å². The average Bonchev–Trinajstić information content (AvgIpc) is 3.16. The number of aromatic amines is 1. The summed E-state index contributed by atoms with van der Waals surface area (Å²) < 4.78 is 1.82. The van der Waals surface area contributed by atoms with Gasteiger partial charge in [-0.3, -0.25) is 0 Å². The molecule has 0 fully saturated rings.